The van der Waals surface area contributed by atoms with Crippen molar-refractivity contribution in [3.05, 3.63) is 90.3 Å². The number of carbonyl (C=O) groups excluding carboxylic acids is 2. The molecule has 2 amide bonds. The Hall–Kier alpha value is -4.17. The summed E-state index contributed by atoms with van der Waals surface area (Å²) < 4.78 is 2.38. The average molecular weight is 593 g/mol. The van der Waals surface area contributed by atoms with Gasteiger partial charge in [0.2, 0.25) is 11.8 Å². The number of fused-ring (bicyclic) bond motifs is 1. The minimum absolute atomic E-state index is 0.102. The highest BCUT2D eigenvalue weighted by atomic mass is 16.2. The van der Waals surface area contributed by atoms with Crippen LogP contribution in [0, 0.1) is 0 Å². The zero-order chi connectivity index (χ0) is 30.5. The number of aryl methyl sites for hydroxylation is 1. The predicted molar refractivity (Wildman–Crippen MR) is 177 cm³/mol. The van der Waals surface area contributed by atoms with Crippen molar-refractivity contribution in [3.63, 3.8) is 0 Å². The number of nitrogens with two attached hydrogens (primary N) is 1. The summed E-state index contributed by atoms with van der Waals surface area (Å²) in [6.45, 7) is 6.45. The summed E-state index contributed by atoms with van der Waals surface area (Å²) in [7, 11) is 0. The second-order valence-electron chi connectivity index (χ2n) is 12.3. The van der Waals surface area contributed by atoms with Crippen LogP contribution in [-0.2, 0) is 22.6 Å². The van der Waals surface area contributed by atoms with Crippen LogP contribution in [0.5, 0.6) is 0 Å². The second-order valence-corrected chi connectivity index (χ2v) is 12.3. The molecule has 2 N–H and O–H groups in total. The van der Waals surface area contributed by atoms with Crippen LogP contribution in [0.4, 0.5) is 11.4 Å². The van der Waals surface area contributed by atoms with E-state index in [1.54, 1.807) is 0 Å². The van der Waals surface area contributed by atoms with Crippen molar-refractivity contribution in [2.24, 2.45) is 5.73 Å². The lowest BCUT2D eigenvalue weighted by Gasteiger charge is -2.35. The van der Waals surface area contributed by atoms with Crippen molar-refractivity contribution in [2.45, 2.75) is 64.0 Å². The van der Waals surface area contributed by atoms with Gasteiger partial charge in [0.1, 0.15) is 5.82 Å². The van der Waals surface area contributed by atoms with Crippen molar-refractivity contribution in [3.8, 4) is 0 Å². The summed E-state index contributed by atoms with van der Waals surface area (Å²) in [4.78, 5) is 37.3. The van der Waals surface area contributed by atoms with Gasteiger partial charge in [0, 0.05) is 62.5 Å². The van der Waals surface area contributed by atoms with E-state index in [1.165, 1.54) is 5.52 Å². The fraction of sp³-hybridized carbons (Fsp3) is 0.417. The fourth-order valence-electron chi connectivity index (χ4n) is 6.72. The smallest absolute Gasteiger partial charge is 0.246 e. The number of para-hydroxylation sites is 3. The topological polar surface area (TPSA) is 87.7 Å². The van der Waals surface area contributed by atoms with Crippen LogP contribution in [0.1, 0.15) is 56.3 Å². The number of benzene rings is 3. The number of carbonyl (C=O) groups is 2. The number of anilines is 2. The Balaban J connectivity index is 1.03. The first-order chi connectivity index (χ1) is 21.5. The van der Waals surface area contributed by atoms with Gasteiger partial charge in [0.05, 0.1) is 17.6 Å². The van der Waals surface area contributed by atoms with E-state index in [4.69, 9.17) is 10.7 Å². The highest BCUT2D eigenvalue weighted by Gasteiger charge is 2.29. The maximum atomic E-state index is 13.4. The number of amides is 2. The molecule has 8 nitrogen and oxygen atoms in total. The van der Waals surface area contributed by atoms with Gasteiger partial charge in [-0.25, -0.2) is 4.98 Å². The van der Waals surface area contributed by atoms with Crippen LogP contribution in [0.2, 0.25) is 0 Å². The number of piperazine rings is 1. The van der Waals surface area contributed by atoms with Crippen LogP contribution in [0.3, 0.4) is 0 Å². The highest BCUT2D eigenvalue weighted by Crippen LogP contribution is 2.30. The number of unbranched alkanes of at least 4 members (excludes halogenated alkanes) is 1. The Labute approximate surface area is 260 Å². The maximum Gasteiger partial charge on any atom is 0.246 e. The number of hydrogen-bond acceptors (Lipinski definition) is 5. The van der Waals surface area contributed by atoms with Gasteiger partial charge in [0.15, 0.2) is 0 Å². The lowest BCUT2D eigenvalue weighted by Crippen LogP contribution is -2.50. The SMILES string of the molecule is CCCCn1c([C@@H]2CCCN(C(=O)C[C@H](N)Cc3ccc(N4CCN(c5ccccc5)C(=O)C4)cc3)C2)nc2ccccc21. The average Bonchev–Trinajstić information content (AvgIpc) is 3.43. The van der Waals surface area contributed by atoms with E-state index in [2.05, 4.69) is 58.9 Å². The third-order valence-electron chi connectivity index (χ3n) is 9.08. The lowest BCUT2D eigenvalue weighted by atomic mass is 9.96. The first kappa shape index (κ1) is 29.9. The summed E-state index contributed by atoms with van der Waals surface area (Å²) in [6, 6.07) is 26.2. The van der Waals surface area contributed by atoms with Crippen molar-refractivity contribution < 1.29 is 9.59 Å². The second kappa shape index (κ2) is 13.6. The van der Waals surface area contributed by atoms with Gasteiger partial charge < -0.3 is 25.0 Å². The van der Waals surface area contributed by atoms with E-state index in [9.17, 15) is 9.59 Å². The van der Waals surface area contributed by atoms with Gasteiger partial charge in [-0.3, -0.25) is 9.59 Å². The Morgan fingerprint density at radius 3 is 2.50 bits per heavy atom. The Bertz CT molecular complexity index is 1570. The largest absolute Gasteiger partial charge is 0.360 e. The van der Waals surface area contributed by atoms with Crippen molar-refractivity contribution in [1.82, 2.24) is 14.5 Å². The summed E-state index contributed by atoms with van der Waals surface area (Å²) in [5, 5.41) is 0. The molecule has 0 unspecified atom stereocenters. The number of aromatic nitrogens is 2. The Morgan fingerprint density at radius 2 is 1.73 bits per heavy atom. The molecule has 2 aliphatic heterocycles. The molecule has 230 valence electrons. The molecule has 3 heterocycles. The monoisotopic (exact) mass is 592 g/mol. The molecule has 1 aromatic heterocycles. The molecule has 8 heteroatoms. The van der Waals surface area contributed by atoms with E-state index in [-0.39, 0.29) is 23.8 Å². The molecular formula is C36H44N6O2. The number of rotatable bonds is 10. The lowest BCUT2D eigenvalue weighted by molar-refractivity contribution is -0.132. The molecule has 6 rings (SSSR count). The van der Waals surface area contributed by atoms with Gasteiger partial charge in [-0.2, -0.15) is 0 Å². The first-order valence-electron chi connectivity index (χ1n) is 16.2. The molecule has 2 aliphatic rings. The van der Waals surface area contributed by atoms with Gasteiger partial charge in [-0.05, 0) is 67.6 Å². The zero-order valence-electron chi connectivity index (χ0n) is 25.8. The van der Waals surface area contributed by atoms with Crippen LogP contribution in [-0.4, -0.2) is 65.0 Å². The van der Waals surface area contributed by atoms with E-state index in [0.717, 1.165) is 73.6 Å². The van der Waals surface area contributed by atoms with Crippen molar-refractivity contribution in [1.29, 1.82) is 0 Å². The number of piperidine rings is 1. The molecule has 2 fully saturated rings. The van der Waals surface area contributed by atoms with Crippen molar-refractivity contribution >= 4 is 34.2 Å². The summed E-state index contributed by atoms with van der Waals surface area (Å²) in [5.41, 5.74) is 11.8. The number of likely N-dealkylation sites (tertiary alicyclic amines) is 1. The quantitative estimate of drug-likeness (QED) is 0.268. The van der Waals surface area contributed by atoms with Gasteiger partial charge >= 0.3 is 0 Å². The summed E-state index contributed by atoms with van der Waals surface area (Å²) in [5.74, 6) is 1.59. The van der Waals surface area contributed by atoms with Gasteiger partial charge in [0.25, 0.3) is 0 Å². The van der Waals surface area contributed by atoms with Crippen LogP contribution in [0.15, 0.2) is 78.9 Å². The van der Waals surface area contributed by atoms with Crippen LogP contribution in [0.25, 0.3) is 11.0 Å². The molecule has 44 heavy (non-hydrogen) atoms. The van der Waals surface area contributed by atoms with Crippen molar-refractivity contribution in [2.75, 3.05) is 42.5 Å². The summed E-state index contributed by atoms with van der Waals surface area (Å²) in [6.07, 6.45) is 5.24. The van der Waals surface area contributed by atoms with E-state index in [0.29, 0.717) is 32.5 Å². The molecule has 3 aromatic carbocycles. The fourth-order valence-corrected chi connectivity index (χ4v) is 6.72. The Morgan fingerprint density at radius 1 is 0.955 bits per heavy atom. The van der Waals surface area contributed by atoms with Crippen LogP contribution >= 0.6 is 0 Å². The summed E-state index contributed by atoms with van der Waals surface area (Å²) >= 11 is 0. The third-order valence-corrected chi connectivity index (χ3v) is 9.08. The molecule has 2 saturated heterocycles. The molecule has 0 bridgehead atoms. The minimum atomic E-state index is -0.251. The van der Waals surface area contributed by atoms with E-state index >= 15 is 0 Å². The molecule has 0 spiro atoms. The molecule has 2 atom stereocenters. The number of nitrogens with zero attached hydrogens (tertiary/aromatic N) is 5. The number of hydrogen-bond donors (Lipinski definition) is 1. The minimum Gasteiger partial charge on any atom is -0.360 e. The van der Waals surface area contributed by atoms with E-state index in [1.807, 2.05) is 46.2 Å². The molecule has 0 aliphatic carbocycles. The molecular weight excluding hydrogens is 548 g/mol. The predicted octanol–water partition coefficient (Wildman–Crippen LogP) is 5.36. The maximum absolute atomic E-state index is 13.4. The van der Waals surface area contributed by atoms with Crippen LogP contribution < -0.4 is 15.5 Å². The van der Waals surface area contributed by atoms with E-state index < -0.39 is 0 Å². The van der Waals surface area contributed by atoms with Gasteiger partial charge in [-0.15, -0.1) is 0 Å². The standard InChI is InChI=1S/C36H44N6O2/c1-2-3-20-42-33-14-8-7-13-32(33)38-36(42)28-10-9-19-40(25-28)34(43)24-29(37)23-27-15-17-30(18-16-27)39-21-22-41(35(44)26-39)31-11-5-4-6-12-31/h4-8,11-18,28-29H,2-3,9-10,19-26,37H2,1H3/t28-,29-/m1/s1. The number of imidazole rings is 1. The van der Waals surface area contributed by atoms with Gasteiger partial charge in [-0.1, -0.05) is 55.8 Å². The molecule has 0 radical (unpaired) electrons. The normalized spacial score (nSPS) is 18.2. The third kappa shape index (κ3) is 6.65. The highest BCUT2D eigenvalue weighted by molar-refractivity contribution is 5.97. The first-order valence-corrected chi connectivity index (χ1v) is 16.2. The molecule has 4 aromatic rings. The Kier molecular flexibility index (Phi) is 9.26. The molecule has 0 saturated carbocycles. The zero-order valence-corrected chi connectivity index (χ0v) is 25.8.